The summed E-state index contributed by atoms with van der Waals surface area (Å²) in [6.45, 7) is 1.13. The second kappa shape index (κ2) is 9.41. The van der Waals surface area contributed by atoms with Crippen molar-refractivity contribution in [2.75, 3.05) is 0 Å². The molecule has 0 aliphatic heterocycles. The molecule has 42 heavy (non-hydrogen) atoms. The Balaban J connectivity index is 1.72. The summed E-state index contributed by atoms with van der Waals surface area (Å²) in [4.78, 5) is 12.1. The molecule has 4 aromatic carbocycles. The third-order valence-electron chi connectivity index (χ3n) is 8.06. The molecule has 0 saturated carbocycles. The molecule has 7 heteroatoms. The van der Waals surface area contributed by atoms with Gasteiger partial charge in [0.25, 0.3) is 0 Å². The van der Waals surface area contributed by atoms with Crippen LogP contribution in [0, 0.1) is 0 Å². The lowest BCUT2D eigenvalue weighted by molar-refractivity contribution is -0.116. The minimum absolute atomic E-state index is 0.0744. The third-order valence-corrected chi connectivity index (χ3v) is 8.61. The molecule has 0 bridgehead atoms. The van der Waals surface area contributed by atoms with Crippen LogP contribution in [-0.2, 0) is 10.2 Å². The standard InChI is InChI=1S/C35H22Cl2O5/c1-18(38)30(39)31(40)26-22-16-15-21(36)17-24(22)35(34(26)41)23-13-8-14-25(37)27(23)28-29(35)33(20-11-6-3-7-12-20)42-32(28)19-9-4-2-5-10-19/h2-17,39-41H,1H3/b31-30-. The number of furan rings is 1. The van der Waals surface area contributed by atoms with Gasteiger partial charge in [-0.3, -0.25) is 4.79 Å². The first-order chi connectivity index (χ1) is 20.3. The summed E-state index contributed by atoms with van der Waals surface area (Å²) < 4.78 is 6.73. The van der Waals surface area contributed by atoms with Crippen molar-refractivity contribution in [1.82, 2.24) is 0 Å². The van der Waals surface area contributed by atoms with Gasteiger partial charge in [-0.2, -0.15) is 0 Å². The van der Waals surface area contributed by atoms with E-state index in [1.54, 1.807) is 30.3 Å². The summed E-state index contributed by atoms with van der Waals surface area (Å²) in [6.07, 6.45) is 0. The topological polar surface area (TPSA) is 90.9 Å². The number of aliphatic hydroxyl groups is 3. The number of hydrogen-bond acceptors (Lipinski definition) is 5. The van der Waals surface area contributed by atoms with Crippen LogP contribution >= 0.6 is 23.2 Å². The zero-order valence-electron chi connectivity index (χ0n) is 22.2. The van der Waals surface area contributed by atoms with Crippen LogP contribution in [-0.4, -0.2) is 21.1 Å². The van der Waals surface area contributed by atoms with E-state index in [2.05, 4.69) is 0 Å². The lowest BCUT2D eigenvalue weighted by atomic mass is 9.72. The van der Waals surface area contributed by atoms with Gasteiger partial charge in [-0.1, -0.05) is 102 Å². The average Bonchev–Trinajstić information content (AvgIpc) is 3.61. The molecule has 0 fully saturated rings. The van der Waals surface area contributed by atoms with Crippen LogP contribution in [0.15, 0.2) is 119 Å². The molecule has 3 N–H and O–H groups in total. The van der Waals surface area contributed by atoms with Crippen molar-refractivity contribution in [2.45, 2.75) is 12.3 Å². The van der Waals surface area contributed by atoms with Crippen molar-refractivity contribution in [3.63, 3.8) is 0 Å². The van der Waals surface area contributed by atoms with E-state index in [4.69, 9.17) is 27.6 Å². The van der Waals surface area contributed by atoms with Gasteiger partial charge in [-0.15, -0.1) is 0 Å². The third kappa shape index (κ3) is 3.41. The van der Waals surface area contributed by atoms with Gasteiger partial charge < -0.3 is 19.7 Å². The van der Waals surface area contributed by atoms with Crippen molar-refractivity contribution < 1.29 is 24.5 Å². The van der Waals surface area contributed by atoms with Crippen molar-refractivity contribution >= 4 is 34.6 Å². The first-order valence-corrected chi connectivity index (χ1v) is 14.0. The number of fused-ring (bicyclic) bond motifs is 7. The van der Waals surface area contributed by atoms with E-state index < -0.39 is 22.7 Å². The predicted molar refractivity (Wildman–Crippen MR) is 164 cm³/mol. The number of allylic oxidation sites excluding steroid dienone is 3. The summed E-state index contributed by atoms with van der Waals surface area (Å²) in [7, 11) is 0. The van der Waals surface area contributed by atoms with Crippen molar-refractivity contribution in [3.05, 3.63) is 147 Å². The molecule has 2 aliphatic carbocycles. The summed E-state index contributed by atoms with van der Waals surface area (Å²) in [6, 6.07) is 29.6. The van der Waals surface area contributed by atoms with Crippen LogP contribution in [0.2, 0.25) is 10.0 Å². The van der Waals surface area contributed by atoms with Crippen molar-refractivity contribution in [3.8, 4) is 33.8 Å². The molecule has 2 aliphatic rings. The van der Waals surface area contributed by atoms with E-state index in [0.717, 1.165) is 18.1 Å². The number of carbonyl (C=O) groups excluding carboxylic acids is 1. The number of halogens is 2. The zero-order chi connectivity index (χ0) is 29.3. The number of aliphatic hydroxyl groups excluding tert-OH is 3. The van der Waals surface area contributed by atoms with Crippen LogP contribution in [0.1, 0.15) is 29.2 Å². The highest BCUT2D eigenvalue weighted by Gasteiger charge is 2.58. The SMILES string of the molecule is CC(=O)/C(O)=C(/O)C1=C(O)C2(c3cc(Cl)ccc31)c1cccc(Cl)c1-c1c(-c3ccccc3)oc(-c3ccccc3)c12. The molecular weight excluding hydrogens is 571 g/mol. The molecule has 7 rings (SSSR count). The number of benzene rings is 4. The second-order valence-electron chi connectivity index (χ2n) is 10.3. The molecular formula is C35H22Cl2O5. The number of rotatable bonds is 4. The Bertz CT molecular complexity index is 2000. The van der Waals surface area contributed by atoms with Gasteiger partial charge >= 0.3 is 0 Å². The Morgan fingerprint density at radius 2 is 1.40 bits per heavy atom. The first kappa shape index (κ1) is 26.2. The second-order valence-corrected chi connectivity index (χ2v) is 11.2. The average molecular weight is 593 g/mol. The van der Waals surface area contributed by atoms with Crippen LogP contribution in [0.5, 0.6) is 0 Å². The van der Waals surface area contributed by atoms with E-state index in [1.165, 1.54) is 0 Å². The molecule has 1 atom stereocenters. The Labute approximate surface area is 251 Å². The molecule has 1 aromatic heterocycles. The number of carbonyl (C=O) groups is 1. The predicted octanol–water partition coefficient (Wildman–Crippen LogP) is 9.43. The molecule has 206 valence electrons. The summed E-state index contributed by atoms with van der Waals surface area (Å²) in [5.74, 6) is -1.57. The van der Waals surface area contributed by atoms with Crippen LogP contribution < -0.4 is 0 Å². The van der Waals surface area contributed by atoms with Gasteiger partial charge in [0, 0.05) is 44.8 Å². The fourth-order valence-electron chi connectivity index (χ4n) is 6.38. The van der Waals surface area contributed by atoms with Crippen LogP contribution in [0.3, 0.4) is 0 Å². The molecule has 0 amide bonds. The maximum absolute atomic E-state index is 12.4. The van der Waals surface area contributed by atoms with Gasteiger partial charge in [-0.05, 0) is 34.9 Å². The molecule has 1 heterocycles. The van der Waals surface area contributed by atoms with Crippen LogP contribution in [0.4, 0.5) is 0 Å². The lowest BCUT2D eigenvalue weighted by Crippen LogP contribution is -2.28. The van der Waals surface area contributed by atoms with E-state index in [9.17, 15) is 20.1 Å². The molecule has 5 aromatic rings. The Morgan fingerprint density at radius 3 is 2.05 bits per heavy atom. The fraction of sp³-hybridized carbons (Fsp3) is 0.0571. The largest absolute Gasteiger partial charge is 0.510 e. The van der Waals surface area contributed by atoms with Gasteiger partial charge in [-0.25, -0.2) is 0 Å². The van der Waals surface area contributed by atoms with Crippen molar-refractivity contribution in [1.29, 1.82) is 0 Å². The van der Waals surface area contributed by atoms with Gasteiger partial charge in [0.1, 0.15) is 22.7 Å². The number of hydrogen-bond donors (Lipinski definition) is 3. The van der Waals surface area contributed by atoms with Crippen molar-refractivity contribution in [2.24, 2.45) is 0 Å². The highest BCUT2D eigenvalue weighted by atomic mass is 35.5. The zero-order valence-corrected chi connectivity index (χ0v) is 23.7. The van der Waals surface area contributed by atoms with E-state index in [-0.39, 0.29) is 11.3 Å². The molecule has 0 radical (unpaired) electrons. The van der Waals surface area contributed by atoms with Gasteiger partial charge in [0.05, 0.1) is 5.57 Å². The van der Waals surface area contributed by atoms with E-state index in [0.29, 0.717) is 54.9 Å². The fourth-order valence-corrected chi connectivity index (χ4v) is 6.82. The minimum atomic E-state index is -1.45. The normalized spacial score (nSPS) is 17.2. The number of ketones is 1. The Hall–Kier alpha value is -4.71. The Morgan fingerprint density at radius 1 is 0.762 bits per heavy atom. The minimum Gasteiger partial charge on any atom is -0.510 e. The van der Waals surface area contributed by atoms with Crippen LogP contribution in [0.25, 0.3) is 39.3 Å². The molecule has 1 unspecified atom stereocenters. The highest BCUT2D eigenvalue weighted by molar-refractivity contribution is 6.34. The van der Waals surface area contributed by atoms with E-state index in [1.807, 2.05) is 66.7 Å². The maximum atomic E-state index is 12.4. The molecule has 0 saturated heterocycles. The van der Waals surface area contributed by atoms with E-state index >= 15 is 0 Å². The summed E-state index contributed by atoms with van der Waals surface area (Å²) >= 11 is 13.6. The summed E-state index contributed by atoms with van der Waals surface area (Å²) in [5.41, 5.74) is 3.62. The lowest BCUT2D eigenvalue weighted by Gasteiger charge is -2.29. The smallest absolute Gasteiger partial charge is 0.201 e. The molecule has 1 spiro atoms. The maximum Gasteiger partial charge on any atom is 0.201 e. The first-order valence-electron chi connectivity index (χ1n) is 13.2. The quantitative estimate of drug-likeness (QED) is 0.143. The monoisotopic (exact) mass is 592 g/mol. The Kier molecular flexibility index (Phi) is 5.87. The van der Waals surface area contributed by atoms with Gasteiger partial charge in [0.2, 0.25) is 5.76 Å². The number of Topliss-reactive ketones (excluding diaryl/α,β-unsaturated/α-hetero) is 1. The van der Waals surface area contributed by atoms with Gasteiger partial charge in [0.15, 0.2) is 11.5 Å². The molecule has 5 nitrogen and oxygen atoms in total. The summed E-state index contributed by atoms with van der Waals surface area (Å²) in [5, 5.41) is 35.1. The highest BCUT2D eigenvalue weighted by Crippen LogP contribution is 2.67.